The SMILES string of the molecule is CC[C@@H](C)NC(=O)c1cccc(C(N)=O)c1. The number of benzene rings is 1. The predicted octanol–water partition coefficient (Wildman–Crippen LogP) is 1.31. The van der Waals surface area contributed by atoms with Crippen LogP contribution in [-0.4, -0.2) is 17.9 Å². The van der Waals surface area contributed by atoms with Gasteiger partial charge in [0.25, 0.3) is 5.91 Å². The van der Waals surface area contributed by atoms with Crippen molar-refractivity contribution in [1.82, 2.24) is 5.32 Å². The molecule has 2 amide bonds. The van der Waals surface area contributed by atoms with Gasteiger partial charge in [-0.15, -0.1) is 0 Å². The highest BCUT2D eigenvalue weighted by Crippen LogP contribution is 2.05. The maximum Gasteiger partial charge on any atom is 0.251 e. The van der Waals surface area contributed by atoms with Gasteiger partial charge in [-0.05, 0) is 31.5 Å². The fourth-order valence-electron chi connectivity index (χ4n) is 1.22. The van der Waals surface area contributed by atoms with E-state index in [2.05, 4.69) is 5.32 Å². The van der Waals surface area contributed by atoms with Gasteiger partial charge in [0.15, 0.2) is 0 Å². The number of hydrogen-bond donors (Lipinski definition) is 2. The first kappa shape index (κ1) is 12.2. The van der Waals surface area contributed by atoms with Crippen LogP contribution >= 0.6 is 0 Å². The molecule has 0 aliphatic carbocycles. The Morgan fingerprint density at radius 1 is 1.38 bits per heavy atom. The molecule has 0 bridgehead atoms. The van der Waals surface area contributed by atoms with E-state index in [4.69, 9.17) is 5.73 Å². The van der Waals surface area contributed by atoms with Crippen molar-refractivity contribution in [1.29, 1.82) is 0 Å². The first-order valence-electron chi connectivity index (χ1n) is 5.25. The Labute approximate surface area is 94.8 Å². The molecule has 1 aromatic carbocycles. The molecule has 1 rings (SSSR count). The lowest BCUT2D eigenvalue weighted by Gasteiger charge is -2.11. The van der Waals surface area contributed by atoms with Gasteiger partial charge in [0.1, 0.15) is 0 Å². The topological polar surface area (TPSA) is 72.2 Å². The van der Waals surface area contributed by atoms with Crippen molar-refractivity contribution in [3.63, 3.8) is 0 Å². The average molecular weight is 220 g/mol. The summed E-state index contributed by atoms with van der Waals surface area (Å²) in [4.78, 5) is 22.7. The molecule has 0 aliphatic heterocycles. The number of amides is 2. The highest BCUT2D eigenvalue weighted by Gasteiger charge is 2.10. The fourth-order valence-corrected chi connectivity index (χ4v) is 1.22. The lowest BCUT2D eigenvalue weighted by molar-refractivity contribution is 0.0939. The van der Waals surface area contributed by atoms with Crippen LogP contribution in [0.15, 0.2) is 24.3 Å². The third-order valence-electron chi connectivity index (χ3n) is 2.40. The van der Waals surface area contributed by atoms with Crippen LogP contribution in [0.5, 0.6) is 0 Å². The van der Waals surface area contributed by atoms with E-state index in [-0.39, 0.29) is 11.9 Å². The molecule has 1 atom stereocenters. The zero-order valence-corrected chi connectivity index (χ0v) is 9.49. The lowest BCUT2D eigenvalue weighted by atomic mass is 10.1. The maximum atomic E-state index is 11.7. The summed E-state index contributed by atoms with van der Waals surface area (Å²) in [5.74, 6) is -0.712. The van der Waals surface area contributed by atoms with Gasteiger partial charge in [0.05, 0.1) is 0 Å². The van der Waals surface area contributed by atoms with Gasteiger partial charge < -0.3 is 11.1 Å². The van der Waals surface area contributed by atoms with Crippen LogP contribution in [-0.2, 0) is 0 Å². The Hall–Kier alpha value is -1.84. The summed E-state index contributed by atoms with van der Waals surface area (Å²) in [7, 11) is 0. The summed E-state index contributed by atoms with van der Waals surface area (Å²) in [6.07, 6.45) is 0.862. The van der Waals surface area contributed by atoms with E-state index in [0.717, 1.165) is 6.42 Å². The minimum absolute atomic E-state index is 0.115. The summed E-state index contributed by atoms with van der Waals surface area (Å²) < 4.78 is 0. The van der Waals surface area contributed by atoms with Gasteiger partial charge in [-0.3, -0.25) is 9.59 Å². The van der Waals surface area contributed by atoms with Gasteiger partial charge in [-0.25, -0.2) is 0 Å². The molecular weight excluding hydrogens is 204 g/mol. The number of carbonyl (C=O) groups is 2. The van der Waals surface area contributed by atoms with Crippen molar-refractivity contribution >= 4 is 11.8 Å². The van der Waals surface area contributed by atoms with Gasteiger partial charge in [-0.2, -0.15) is 0 Å². The molecule has 3 N–H and O–H groups in total. The van der Waals surface area contributed by atoms with Crippen LogP contribution in [0, 0.1) is 0 Å². The Balaban J connectivity index is 2.83. The fraction of sp³-hybridized carbons (Fsp3) is 0.333. The van der Waals surface area contributed by atoms with E-state index in [9.17, 15) is 9.59 Å². The van der Waals surface area contributed by atoms with Crippen LogP contribution in [0.2, 0.25) is 0 Å². The summed E-state index contributed by atoms with van der Waals surface area (Å²) in [6.45, 7) is 3.92. The minimum atomic E-state index is -0.529. The number of hydrogen-bond acceptors (Lipinski definition) is 2. The third-order valence-corrected chi connectivity index (χ3v) is 2.40. The van der Waals surface area contributed by atoms with E-state index in [1.165, 1.54) is 6.07 Å². The molecule has 0 heterocycles. The summed E-state index contributed by atoms with van der Waals surface area (Å²) in [5, 5.41) is 2.82. The van der Waals surface area contributed by atoms with E-state index in [0.29, 0.717) is 11.1 Å². The largest absolute Gasteiger partial charge is 0.366 e. The molecule has 0 saturated heterocycles. The maximum absolute atomic E-state index is 11.7. The van der Waals surface area contributed by atoms with Crippen LogP contribution in [0.1, 0.15) is 41.0 Å². The van der Waals surface area contributed by atoms with Gasteiger partial charge in [-0.1, -0.05) is 13.0 Å². The van der Waals surface area contributed by atoms with Crippen LogP contribution in [0.25, 0.3) is 0 Å². The molecule has 0 saturated carbocycles. The second-order valence-electron chi connectivity index (χ2n) is 3.73. The first-order chi connectivity index (χ1) is 7.54. The average Bonchev–Trinajstić information content (AvgIpc) is 2.28. The van der Waals surface area contributed by atoms with E-state index in [1.54, 1.807) is 18.2 Å². The predicted molar refractivity (Wildman–Crippen MR) is 62.2 cm³/mol. The van der Waals surface area contributed by atoms with Gasteiger partial charge in [0.2, 0.25) is 5.91 Å². The minimum Gasteiger partial charge on any atom is -0.366 e. The van der Waals surface area contributed by atoms with E-state index < -0.39 is 5.91 Å². The molecule has 0 radical (unpaired) electrons. The summed E-state index contributed by atoms with van der Waals surface area (Å²) >= 11 is 0. The lowest BCUT2D eigenvalue weighted by Crippen LogP contribution is -2.32. The standard InChI is InChI=1S/C12H16N2O2/c1-3-8(2)14-12(16)10-6-4-5-9(7-10)11(13)15/h4-8H,3H2,1-2H3,(H2,13,15)(H,14,16)/t8-/m1/s1. The van der Waals surface area contributed by atoms with Gasteiger partial charge in [0, 0.05) is 17.2 Å². The number of rotatable bonds is 4. The van der Waals surface area contributed by atoms with Crippen molar-refractivity contribution in [3.8, 4) is 0 Å². The molecular formula is C12H16N2O2. The molecule has 0 aliphatic rings. The first-order valence-corrected chi connectivity index (χ1v) is 5.25. The highest BCUT2D eigenvalue weighted by atomic mass is 16.2. The number of nitrogens with one attached hydrogen (secondary N) is 1. The zero-order valence-electron chi connectivity index (χ0n) is 9.49. The monoisotopic (exact) mass is 220 g/mol. The van der Waals surface area contributed by atoms with Crippen molar-refractivity contribution < 1.29 is 9.59 Å². The highest BCUT2D eigenvalue weighted by molar-refractivity contribution is 5.99. The second kappa shape index (κ2) is 5.30. The van der Waals surface area contributed by atoms with Crippen molar-refractivity contribution in [2.45, 2.75) is 26.3 Å². The Kier molecular flexibility index (Phi) is 4.05. The smallest absolute Gasteiger partial charge is 0.251 e. The van der Waals surface area contributed by atoms with Gasteiger partial charge >= 0.3 is 0 Å². The molecule has 86 valence electrons. The Bertz CT molecular complexity index is 402. The van der Waals surface area contributed by atoms with Crippen molar-refractivity contribution in [2.24, 2.45) is 5.73 Å². The second-order valence-corrected chi connectivity index (χ2v) is 3.73. The number of nitrogens with two attached hydrogens (primary N) is 1. The normalized spacial score (nSPS) is 11.9. The van der Waals surface area contributed by atoms with Crippen LogP contribution < -0.4 is 11.1 Å². The number of carbonyl (C=O) groups excluding carboxylic acids is 2. The molecule has 4 nitrogen and oxygen atoms in total. The molecule has 0 unspecified atom stereocenters. The third kappa shape index (κ3) is 3.08. The zero-order chi connectivity index (χ0) is 12.1. The molecule has 1 aromatic rings. The van der Waals surface area contributed by atoms with Crippen LogP contribution in [0.3, 0.4) is 0 Å². The van der Waals surface area contributed by atoms with E-state index >= 15 is 0 Å². The molecule has 16 heavy (non-hydrogen) atoms. The summed E-state index contributed by atoms with van der Waals surface area (Å²) in [5.41, 5.74) is 5.94. The van der Waals surface area contributed by atoms with E-state index in [1.807, 2.05) is 13.8 Å². The molecule has 4 heteroatoms. The van der Waals surface area contributed by atoms with Crippen molar-refractivity contribution in [2.75, 3.05) is 0 Å². The van der Waals surface area contributed by atoms with Crippen molar-refractivity contribution in [3.05, 3.63) is 35.4 Å². The molecule has 0 aromatic heterocycles. The summed E-state index contributed by atoms with van der Waals surface area (Å²) in [6, 6.07) is 6.50. The Morgan fingerprint density at radius 2 is 2.00 bits per heavy atom. The Morgan fingerprint density at radius 3 is 2.56 bits per heavy atom. The van der Waals surface area contributed by atoms with Crippen LogP contribution in [0.4, 0.5) is 0 Å². The number of primary amides is 1. The quantitative estimate of drug-likeness (QED) is 0.803. The molecule has 0 spiro atoms. The molecule has 0 fully saturated rings.